The summed E-state index contributed by atoms with van der Waals surface area (Å²) < 4.78 is 5.02. The number of carbonyl (C=O) groups is 1. The maximum Gasteiger partial charge on any atom is 0.326 e. The first-order valence-electron chi connectivity index (χ1n) is 5.73. The van der Waals surface area contributed by atoms with E-state index in [1.54, 1.807) is 13.0 Å². The van der Waals surface area contributed by atoms with Crippen molar-refractivity contribution in [1.82, 2.24) is 0 Å². The Balaban J connectivity index is 2.84. The van der Waals surface area contributed by atoms with Gasteiger partial charge in [0.05, 0.1) is 6.61 Å². The lowest BCUT2D eigenvalue weighted by Crippen LogP contribution is -2.50. The van der Waals surface area contributed by atoms with E-state index in [1.165, 1.54) is 0 Å². The second-order valence-electron chi connectivity index (χ2n) is 4.03. The Morgan fingerprint density at radius 2 is 2.12 bits per heavy atom. The number of nitrogens with two attached hydrogens (primary N) is 1. The van der Waals surface area contributed by atoms with Crippen LogP contribution in [0, 0.1) is 0 Å². The first kappa shape index (κ1) is 13.5. The highest BCUT2D eigenvalue weighted by Crippen LogP contribution is 2.17. The van der Waals surface area contributed by atoms with Crippen LogP contribution in [0.4, 0.5) is 0 Å². The van der Waals surface area contributed by atoms with E-state index in [1.807, 2.05) is 30.3 Å². The van der Waals surface area contributed by atoms with Crippen molar-refractivity contribution in [2.75, 3.05) is 6.61 Å². The van der Waals surface area contributed by atoms with E-state index < -0.39 is 5.54 Å². The van der Waals surface area contributed by atoms with Crippen molar-refractivity contribution in [2.24, 2.45) is 5.73 Å². The first-order valence-corrected chi connectivity index (χ1v) is 5.73. The number of ether oxygens (including phenoxy) is 1. The monoisotopic (exact) mass is 233 g/mol. The van der Waals surface area contributed by atoms with Gasteiger partial charge in [-0.25, -0.2) is 0 Å². The molecule has 1 unspecified atom stereocenters. The van der Waals surface area contributed by atoms with Crippen molar-refractivity contribution in [3.05, 3.63) is 48.6 Å². The van der Waals surface area contributed by atoms with Crippen LogP contribution in [0.5, 0.6) is 0 Å². The number of hydrogen-bond acceptors (Lipinski definition) is 3. The summed E-state index contributed by atoms with van der Waals surface area (Å²) in [6.45, 7) is 5.75. The predicted molar refractivity (Wildman–Crippen MR) is 68.5 cm³/mol. The molecule has 0 aliphatic carbocycles. The summed E-state index contributed by atoms with van der Waals surface area (Å²) in [4.78, 5) is 11.9. The van der Waals surface area contributed by atoms with E-state index >= 15 is 0 Å². The minimum absolute atomic E-state index is 0.337. The highest BCUT2D eigenvalue weighted by atomic mass is 16.5. The summed E-state index contributed by atoms with van der Waals surface area (Å²) in [5.74, 6) is -0.372. The predicted octanol–water partition coefficient (Wildman–Crippen LogP) is 2.07. The molecule has 1 rings (SSSR count). The molecule has 1 aromatic rings. The van der Waals surface area contributed by atoms with Gasteiger partial charge in [0.25, 0.3) is 0 Å². The van der Waals surface area contributed by atoms with Crippen LogP contribution in [-0.4, -0.2) is 18.1 Å². The van der Waals surface area contributed by atoms with Crippen LogP contribution in [0.15, 0.2) is 43.0 Å². The fourth-order valence-electron chi connectivity index (χ4n) is 1.72. The highest BCUT2D eigenvalue weighted by Gasteiger charge is 2.34. The van der Waals surface area contributed by atoms with Gasteiger partial charge in [0.15, 0.2) is 0 Å². The van der Waals surface area contributed by atoms with Gasteiger partial charge in [-0.05, 0) is 18.9 Å². The van der Waals surface area contributed by atoms with E-state index in [0.29, 0.717) is 19.4 Å². The number of rotatable bonds is 6. The summed E-state index contributed by atoms with van der Waals surface area (Å²) >= 11 is 0. The van der Waals surface area contributed by atoms with Crippen LogP contribution in [-0.2, 0) is 16.0 Å². The molecule has 0 bridgehead atoms. The second kappa shape index (κ2) is 6.21. The van der Waals surface area contributed by atoms with Gasteiger partial charge in [0, 0.05) is 6.42 Å². The average molecular weight is 233 g/mol. The minimum atomic E-state index is -1.01. The molecule has 17 heavy (non-hydrogen) atoms. The third-order valence-corrected chi connectivity index (χ3v) is 2.55. The molecule has 0 fully saturated rings. The van der Waals surface area contributed by atoms with Gasteiger partial charge in [-0.3, -0.25) is 4.79 Å². The van der Waals surface area contributed by atoms with Gasteiger partial charge in [0.2, 0.25) is 0 Å². The summed E-state index contributed by atoms with van der Waals surface area (Å²) in [5, 5.41) is 0. The van der Waals surface area contributed by atoms with E-state index in [4.69, 9.17) is 10.5 Å². The molecular weight excluding hydrogens is 214 g/mol. The lowest BCUT2D eigenvalue weighted by Gasteiger charge is -2.25. The largest absolute Gasteiger partial charge is 0.465 e. The Labute approximate surface area is 102 Å². The van der Waals surface area contributed by atoms with E-state index in [0.717, 1.165) is 5.56 Å². The Bertz CT molecular complexity index is 375. The van der Waals surface area contributed by atoms with Crippen molar-refractivity contribution < 1.29 is 9.53 Å². The lowest BCUT2D eigenvalue weighted by atomic mass is 9.88. The van der Waals surface area contributed by atoms with Crippen LogP contribution in [0.2, 0.25) is 0 Å². The molecule has 3 nitrogen and oxygen atoms in total. The van der Waals surface area contributed by atoms with Crippen LogP contribution < -0.4 is 5.73 Å². The zero-order valence-corrected chi connectivity index (χ0v) is 10.2. The molecule has 0 spiro atoms. The Morgan fingerprint density at radius 3 is 2.65 bits per heavy atom. The molecule has 1 atom stereocenters. The topological polar surface area (TPSA) is 52.3 Å². The normalized spacial score (nSPS) is 13.8. The van der Waals surface area contributed by atoms with Crippen molar-refractivity contribution in [3.63, 3.8) is 0 Å². The third kappa shape index (κ3) is 3.71. The summed E-state index contributed by atoms with van der Waals surface area (Å²) in [6, 6.07) is 9.68. The van der Waals surface area contributed by atoms with Crippen molar-refractivity contribution in [1.29, 1.82) is 0 Å². The van der Waals surface area contributed by atoms with Crippen LogP contribution >= 0.6 is 0 Å². The summed E-state index contributed by atoms with van der Waals surface area (Å²) in [6.07, 6.45) is 2.51. The summed E-state index contributed by atoms with van der Waals surface area (Å²) in [5.41, 5.74) is 6.13. The maximum absolute atomic E-state index is 11.9. The molecule has 0 aliphatic rings. The van der Waals surface area contributed by atoms with Crippen molar-refractivity contribution >= 4 is 5.97 Å². The zero-order chi connectivity index (χ0) is 12.7. The summed E-state index contributed by atoms with van der Waals surface area (Å²) in [7, 11) is 0. The van der Waals surface area contributed by atoms with Crippen molar-refractivity contribution in [2.45, 2.75) is 25.3 Å². The van der Waals surface area contributed by atoms with Crippen molar-refractivity contribution in [3.8, 4) is 0 Å². The van der Waals surface area contributed by atoms with E-state index in [-0.39, 0.29) is 5.97 Å². The van der Waals surface area contributed by atoms with Gasteiger partial charge in [-0.15, -0.1) is 6.58 Å². The highest BCUT2D eigenvalue weighted by molar-refractivity contribution is 5.81. The number of hydrogen-bond donors (Lipinski definition) is 1. The molecule has 0 heterocycles. The maximum atomic E-state index is 11.9. The standard InChI is InChI=1S/C14H19NO2/c1-3-10-14(15,13(16)17-4-2)11-12-8-6-5-7-9-12/h3,5-9H,1,4,10-11,15H2,2H3. The molecule has 0 saturated carbocycles. The second-order valence-corrected chi connectivity index (χ2v) is 4.03. The molecule has 2 N–H and O–H groups in total. The fourth-order valence-corrected chi connectivity index (χ4v) is 1.72. The number of esters is 1. The average Bonchev–Trinajstić information content (AvgIpc) is 2.31. The molecule has 0 aliphatic heterocycles. The van der Waals surface area contributed by atoms with Crippen LogP contribution in [0.3, 0.4) is 0 Å². The van der Waals surface area contributed by atoms with Gasteiger partial charge >= 0.3 is 5.97 Å². The molecule has 0 saturated heterocycles. The van der Waals surface area contributed by atoms with E-state index in [2.05, 4.69) is 6.58 Å². The van der Waals surface area contributed by atoms with Gasteiger partial charge in [-0.1, -0.05) is 36.4 Å². The molecule has 92 valence electrons. The smallest absolute Gasteiger partial charge is 0.326 e. The lowest BCUT2D eigenvalue weighted by molar-refractivity contribution is -0.149. The SMILES string of the molecule is C=CCC(N)(Cc1ccccc1)C(=O)OCC. The van der Waals surface area contributed by atoms with Gasteiger partial charge in [-0.2, -0.15) is 0 Å². The van der Waals surface area contributed by atoms with Gasteiger partial charge < -0.3 is 10.5 Å². The quantitative estimate of drug-likeness (QED) is 0.604. The van der Waals surface area contributed by atoms with Gasteiger partial charge in [0.1, 0.15) is 5.54 Å². The minimum Gasteiger partial charge on any atom is -0.465 e. The Kier molecular flexibility index (Phi) is 4.91. The van der Waals surface area contributed by atoms with Crippen LogP contribution in [0.1, 0.15) is 18.9 Å². The van der Waals surface area contributed by atoms with Crippen LogP contribution in [0.25, 0.3) is 0 Å². The first-order chi connectivity index (χ1) is 8.12. The molecule has 0 radical (unpaired) electrons. The molecule has 1 aromatic carbocycles. The Hall–Kier alpha value is -1.61. The number of carbonyl (C=O) groups excluding carboxylic acids is 1. The molecule has 0 amide bonds. The third-order valence-electron chi connectivity index (χ3n) is 2.55. The fraction of sp³-hybridized carbons (Fsp3) is 0.357. The molecule has 3 heteroatoms. The molecule has 0 aromatic heterocycles. The number of benzene rings is 1. The molecular formula is C14H19NO2. The van der Waals surface area contributed by atoms with E-state index in [9.17, 15) is 4.79 Å². The Morgan fingerprint density at radius 1 is 1.47 bits per heavy atom. The zero-order valence-electron chi connectivity index (χ0n) is 10.2.